The van der Waals surface area contributed by atoms with Crippen LogP contribution >= 0.6 is 23.1 Å². The Morgan fingerprint density at radius 3 is 2.68 bits per heavy atom. The molecule has 0 spiro atoms. The van der Waals surface area contributed by atoms with Crippen LogP contribution in [0.1, 0.15) is 71.2 Å². The van der Waals surface area contributed by atoms with Gasteiger partial charge in [-0.15, -0.1) is 23.1 Å². The van der Waals surface area contributed by atoms with E-state index in [9.17, 15) is 0 Å². The molecule has 4 unspecified atom stereocenters. The highest BCUT2D eigenvalue weighted by atomic mass is 32.2. The normalized spacial score (nSPS) is 25.4. The van der Waals surface area contributed by atoms with E-state index < -0.39 is 0 Å². The monoisotopic (exact) mass is 517 g/mol. The molecule has 8 rings (SSSR count). The van der Waals surface area contributed by atoms with E-state index in [0.29, 0.717) is 18.0 Å². The number of hydrogen-bond acceptors (Lipinski definition) is 3. The lowest BCUT2D eigenvalue weighted by molar-refractivity contribution is 0.364. The number of anilines is 1. The van der Waals surface area contributed by atoms with Gasteiger partial charge in [-0.2, -0.15) is 0 Å². The first-order chi connectivity index (χ1) is 18.3. The molecule has 37 heavy (non-hydrogen) atoms. The first kappa shape index (κ1) is 22.3. The van der Waals surface area contributed by atoms with Crippen LogP contribution < -0.4 is 4.90 Å². The van der Waals surface area contributed by atoms with Crippen molar-refractivity contribution in [1.82, 2.24) is 0 Å². The summed E-state index contributed by atoms with van der Waals surface area (Å²) in [5.41, 5.74) is 7.51. The Labute approximate surface area is 227 Å². The average molecular weight is 518 g/mol. The lowest BCUT2D eigenvalue weighted by atomic mass is 9.79. The number of nitrogens with zero attached hydrogens (tertiary/aromatic N) is 1. The van der Waals surface area contributed by atoms with E-state index in [4.69, 9.17) is 0 Å². The Hall–Kier alpha value is -2.75. The van der Waals surface area contributed by atoms with Crippen LogP contribution in [-0.2, 0) is 6.42 Å². The summed E-state index contributed by atoms with van der Waals surface area (Å²) < 4.78 is 1.49. The maximum Gasteiger partial charge on any atom is 0.0586 e. The fourth-order valence-electron chi connectivity index (χ4n) is 7.39. The van der Waals surface area contributed by atoms with Crippen molar-refractivity contribution in [3.63, 3.8) is 0 Å². The van der Waals surface area contributed by atoms with Crippen molar-refractivity contribution >= 4 is 51.0 Å². The number of aryl methyl sites for hydroxylation is 1. The Morgan fingerprint density at radius 2 is 1.70 bits per heavy atom. The molecule has 1 fully saturated rings. The van der Waals surface area contributed by atoms with Gasteiger partial charge in [0, 0.05) is 21.1 Å². The minimum atomic E-state index is 0.382. The number of thiophene rings is 1. The molecule has 1 nitrogen and oxygen atoms in total. The fourth-order valence-corrected chi connectivity index (χ4v) is 10.2. The summed E-state index contributed by atoms with van der Waals surface area (Å²) in [4.78, 5) is 5.89. The van der Waals surface area contributed by atoms with E-state index in [-0.39, 0.29) is 0 Å². The van der Waals surface area contributed by atoms with Gasteiger partial charge in [-0.1, -0.05) is 72.8 Å². The molecule has 4 aromatic rings. The summed E-state index contributed by atoms with van der Waals surface area (Å²) >= 11 is 4.16. The quantitative estimate of drug-likeness (QED) is 0.266. The lowest BCUT2D eigenvalue weighted by Crippen LogP contribution is -2.43. The molecule has 4 aliphatic rings. The molecule has 3 heteroatoms. The number of fused-ring (bicyclic) bond motifs is 7. The minimum Gasteiger partial charge on any atom is -0.360 e. The molecule has 0 radical (unpaired) electrons. The van der Waals surface area contributed by atoms with Crippen LogP contribution in [0.25, 0.3) is 22.2 Å². The SMILES string of the molecule is C1=Cc2sc3c(N(C4CCC5Sc6ccccc6C5C4)C4CC=Cc5ccccc54)cccc3c2CC1. The Morgan fingerprint density at radius 1 is 0.811 bits per heavy atom. The maximum absolute atomic E-state index is 2.89. The molecule has 1 aliphatic heterocycles. The summed E-state index contributed by atoms with van der Waals surface area (Å²) in [5.74, 6) is 0.663. The van der Waals surface area contributed by atoms with Crippen LogP contribution in [0.2, 0.25) is 0 Å². The second kappa shape index (κ2) is 8.92. The molecule has 2 heterocycles. The Balaban J connectivity index is 1.28. The smallest absolute Gasteiger partial charge is 0.0586 e. The summed E-state index contributed by atoms with van der Waals surface area (Å²) in [6, 6.07) is 26.4. The van der Waals surface area contributed by atoms with Crippen LogP contribution in [0.15, 0.2) is 83.8 Å². The van der Waals surface area contributed by atoms with E-state index in [1.54, 1.807) is 11.1 Å². The third kappa shape index (κ3) is 3.58. The third-order valence-electron chi connectivity index (χ3n) is 9.03. The highest BCUT2D eigenvalue weighted by Crippen LogP contribution is 2.54. The van der Waals surface area contributed by atoms with Crippen LogP contribution in [-0.4, -0.2) is 11.3 Å². The number of allylic oxidation sites excluding steroid dienone is 1. The van der Waals surface area contributed by atoms with Crippen LogP contribution in [0.3, 0.4) is 0 Å². The van der Waals surface area contributed by atoms with Gasteiger partial charge in [-0.25, -0.2) is 0 Å². The molecular formula is C34H31NS2. The zero-order valence-electron chi connectivity index (χ0n) is 21.0. The first-order valence-corrected chi connectivity index (χ1v) is 15.5. The molecule has 1 aromatic heterocycles. The predicted molar refractivity (Wildman–Crippen MR) is 161 cm³/mol. The van der Waals surface area contributed by atoms with Crippen molar-refractivity contribution in [2.24, 2.45) is 0 Å². The summed E-state index contributed by atoms with van der Waals surface area (Å²) in [6.07, 6.45) is 16.7. The fraction of sp³-hybridized carbons (Fsp3) is 0.294. The Kier molecular flexibility index (Phi) is 5.37. The molecule has 0 saturated heterocycles. The number of rotatable bonds is 3. The highest BCUT2D eigenvalue weighted by Gasteiger charge is 2.42. The van der Waals surface area contributed by atoms with E-state index in [0.717, 1.165) is 18.1 Å². The molecule has 0 bridgehead atoms. The van der Waals surface area contributed by atoms with Gasteiger partial charge in [-0.05, 0) is 90.3 Å². The van der Waals surface area contributed by atoms with Crippen molar-refractivity contribution in [2.75, 3.05) is 4.90 Å². The van der Waals surface area contributed by atoms with Crippen LogP contribution in [0, 0.1) is 0 Å². The molecule has 3 aromatic carbocycles. The van der Waals surface area contributed by atoms with Crippen molar-refractivity contribution in [3.05, 3.63) is 106 Å². The molecular weight excluding hydrogens is 487 g/mol. The molecule has 184 valence electrons. The molecule has 1 saturated carbocycles. The van der Waals surface area contributed by atoms with Gasteiger partial charge in [0.15, 0.2) is 0 Å². The molecule has 3 aliphatic carbocycles. The first-order valence-electron chi connectivity index (χ1n) is 13.9. The van der Waals surface area contributed by atoms with Crippen molar-refractivity contribution in [3.8, 4) is 0 Å². The van der Waals surface area contributed by atoms with Crippen LogP contribution in [0.5, 0.6) is 0 Å². The highest BCUT2D eigenvalue weighted by molar-refractivity contribution is 8.00. The van der Waals surface area contributed by atoms with Crippen molar-refractivity contribution < 1.29 is 0 Å². The molecule has 4 atom stereocenters. The largest absolute Gasteiger partial charge is 0.360 e. The molecule has 0 amide bonds. The summed E-state index contributed by atoms with van der Waals surface area (Å²) in [6.45, 7) is 0. The number of benzene rings is 3. The van der Waals surface area contributed by atoms with E-state index >= 15 is 0 Å². The predicted octanol–water partition coefficient (Wildman–Crippen LogP) is 9.64. The van der Waals surface area contributed by atoms with Gasteiger partial charge in [0.2, 0.25) is 0 Å². The molecule has 0 N–H and O–H groups in total. The van der Waals surface area contributed by atoms with E-state index in [2.05, 4.69) is 108 Å². The summed E-state index contributed by atoms with van der Waals surface area (Å²) in [5, 5.41) is 2.23. The van der Waals surface area contributed by atoms with Gasteiger partial charge in [0.05, 0.1) is 16.4 Å². The maximum atomic E-state index is 2.89. The third-order valence-corrected chi connectivity index (χ3v) is 11.8. The summed E-state index contributed by atoms with van der Waals surface area (Å²) in [7, 11) is 0. The van der Waals surface area contributed by atoms with Gasteiger partial charge in [0.1, 0.15) is 0 Å². The zero-order chi connectivity index (χ0) is 24.3. The number of hydrogen-bond donors (Lipinski definition) is 0. The van der Waals surface area contributed by atoms with E-state index in [1.165, 1.54) is 62.4 Å². The van der Waals surface area contributed by atoms with Gasteiger partial charge in [0.25, 0.3) is 0 Å². The lowest BCUT2D eigenvalue weighted by Gasteiger charge is -2.45. The van der Waals surface area contributed by atoms with Crippen molar-refractivity contribution in [1.29, 1.82) is 0 Å². The van der Waals surface area contributed by atoms with E-state index in [1.807, 2.05) is 11.3 Å². The second-order valence-electron chi connectivity index (χ2n) is 11.0. The van der Waals surface area contributed by atoms with Crippen LogP contribution in [0.4, 0.5) is 5.69 Å². The van der Waals surface area contributed by atoms with Crippen molar-refractivity contribution in [2.45, 2.75) is 66.7 Å². The Bertz CT molecular complexity index is 1560. The average Bonchev–Trinajstić information content (AvgIpc) is 3.52. The standard InChI is InChI=1S/C34H31NS2/c1-2-11-24-22(9-1)10-7-15-29(24)35(23-19-20-33-28(21-23)26-13-4-5-17-31(26)36-33)30-16-8-14-27-25-12-3-6-18-32(25)37-34(27)30/h1-2,4-11,13-14,16-18,23,28-29,33H,3,12,15,19-21H2. The zero-order valence-corrected chi connectivity index (χ0v) is 22.6. The second-order valence-corrected chi connectivity index (χ2v) is 13.3. The topological polar surface area (TPSA) is 3.24 Å². The minimum absolute atomic E-state index is 0.382. The number of thioether (sulfide) groups is 1. The van der Waals surface area contributed by atoms with Gasteiger partial charge in [-0.3, -0.25) is 0 Å². The van der Waals surface area contributed by atoms with Gasteiger partial charge >= 0.3 is 0 Å². The van der Waals surface area contributed by atoms with Gasteiger partial charge < -0.3 is 4.90 Å².